The van der Waals surface area contributed by atoms with Crippen LogP contribution in [-0.4, -0.2) is 70.2 Å². The molecule has 8 heteroatoms. The Kier molecular flexibility index (Phi) is 6.69. The Labute approximate surface area is 194 Å². The molecule has 3 aliphatic rings. The van der Waals surface area contributed by atoms with Crippen LogP contribution in [0.5, 0.6) is 0 Å². The van der Waals surface area contributed by atoms with E-state index in [0.29, 0.717) is 30.9 Å². The fourth-order valence-electron chi connectivity index (χ4n) is 5.39. The molecule has 1 amide bonds. The molecular formula is C24H33N5O2S. The zero-order chi connectivity index (χ0) is 21.9. The summed E-state index contributed by atoms with van der Waals surface area (Å²) in [5.41, 5.74) is 2.24. The Morgan fingerprint density at radius 2 is 1.78 bits per heavy atom. The van der Waals surface area contributed by atoms with Crippen LogP contribution in [0.3, 0.4) is 0 Å². The first-order valence-corrected chi connectivity index (χ1v) is 13.0. The van der Waals surface area contributed by atoms with E-state index in [-0.39, 0.29) is 5.91 Å². The summed E-state index contributed by atoms with van der Waals surface area (Å²) in [5.74, 6) is 2.20. The number of carbonyl (C=O) groups excluding carboxylic acids is 1. The van der Waals surface area contributed by atoms with Crippen molar-refractivity contribution in [1.82, 2.24) is 19.7 Å². The summed E-state index contributed by atoms with van der Waals surface area (Å²) in [6.07, 6.45) is 7.45. The van der Waals surface area contributed by atoms with E-state index in [4.69, 9.17) is 4.74 Å². The molecule has 2 atom stereocenters. The topological polar surface area (TPSA) is 63.5 Å². The highest BCUT2D eigenvalue weighted by Crippen LogP contribution is 2.36. The molecule has 1 aromatic heterocycles. The molecule has 0 unspecified atom stereocenters. The molecule has 1 aromatic carbocycles. The number of likely N-dealkylation sites (tertiary alicyclic amines) is 1. The number of rotatable bonds is 5. The van der Waals surface area contributed by atoms with Crippen molar-refractivity contribution < 1.29 is 9.53 Å². The van der Waals surface area contributed by atoms with E-state index in [1.807, 2.05) is 0 Å². The highest BCUT2D eigenvalue weighted by Gasteiger charge is 2.35. The van der Waals surface area contributed by atoms with Gasteiger partial charge in [0, 0.05) is 25.7 Å². The summed E-state index contributed by atoms with van der Waals surface area (Å²) in [6.45, 7) is 5.97. The number of fused-ring (bicyclic) bond motifs is 1. The van der Waals surface area contributed by atoms with Crippen LogP contribution < -0.4 is 4.90 Å². The monoisotopic (exact) mass is 455 g/mol. The van der Waals surface area contributed by atoms with Gasteiger partial charge in [-0.2, -0.15) is 0 Å². The molecule has 2 aliphatic heterocycles. The smallest absolute Gasteiger partial charge is 0.233 e. The van der Waals surface area contributed by atoms with Crippen molar-refractivity contribution >= 4 is 23.6 Å². The van der Waals surface area contributed by atoms with E-state index < -0.39 is 0 Å². The van der Waals surface area contributed by atoms with Gasteiger partial charge in [0.15, 0.2) is 5.16 Å². The standard InChI is InChI=1S/C24H33N5O2S/c1-18-8-10-20(11-9-18)29-23(27-13-15-31-16-14-27)25-26-24(29)32-17-22(30)28-12-4-6-19-5-2-3-7-21(19)28/h8-11,19,21H,2-7,12-17H2,1H3/t19-,21+/m1/s1. The molecule has 1 saturated carbocycles. The Hall–Kier alpha value is -2.06. The first kappa shape index (κ1) is 21.8. The number of aryl methyl sites for hydroxylation is 1. The van der Waals surface area contributed by atoms with Crippen molar-refractivity contribution in [3.05, 3.63) is 29.8 Å². The summed E-state index contributed by atoms with van der Waals surface area (Å²) in [4.78, 5) is 17.6. The molecule has 0 spiro atoms. The van der Waals surface area contributed by atoms with Gasteiger partial charge in [0.05, 0.1) is 24.7 Å². The van der Waals surface area contributed by atoms with E-state index in [1.54, 1.807) is 0 Å². The normalized spacial score (nSPS) is 23.8. The van der Waals surface area contributed by atoms with Crippen LogP contribution in [0, 0.1) is 12.8 Å². The van der Waals surface area contributed by atoms with Gasteiger partial charge in [-0.05, 0) is 50.7 Å². The predicted octanol–water partition coefficient (Wildman–Crippen LogP) is 3.69. The number of piperidine rings is 1. The Balaban J connectivity index is 1.35. The maximum Gasteiger partial charge on any atom is 0.233 e. The molecule has 0 radical (unpaired) electrons. The van der Waals surface area contributed by atoms with Crippen LogP contribution in [0.4, 0.5) is 5.95 Å². The summed E-state index contributed by atoms with van der Waals surface area (Å²) in [5, 5.41) is 9.82. The Bertz CT molecular complexity index is 923. The molecule has 3 heterocycles. The number of carbonyl (C=O) groups is 1. The molecule has 172 valence electrons. The van der Waals surface area contributed by atoms with Gasteiger partial charge in [-0.3, -0.25) is 9.36 Å². The lowest BCUT2D eigenvalue weighted by Gasteiger charge is -2.44. The third-order valence-corrected chi connectivity index (χ3v) is 8.00. The quantitative estimate of drug-likeness (QED) is 0.641. The van der Waals surface area contributed by atoms with Gasteiger partial charge in [-0.15, -0.1) is 10.2 Å². The van der Waals surface area contributed by atoms with Gasteiger partial charge in [0.25, 0.3) is 0 Å². The fraction of sp³-hybridized carbons (Fsp3) is 0.625. The lowest BCUT2D eigenvalue weighted by atomic mass is 9.78. The second-order valence-electron chi connectivity index (χ2n) is 9.18. The number of hydrogen-bond donors (Lipinski definition) is 0. The molecule has 7 nitrogen and oxygen atoms in total. The lowest BCUT2D eigenvalue weighted by molar-refractivity contribution is -0.134. The van der Waals surface area contributed by atoms with Crippen LogP contribution >= 0.6 is 11.8 Å². The van der Waals surface area contributed by atoms with Crippen LogP contribution in [0.2, 0.25) is 0 Å². The minimum Gasteiger partial charge on any atom is -0.378 e. The minimum absolute atomic E-state index is 0.248. The SMILES string of the molecule is Cc1ccc(-n2c(SCC(=O)N3CCC[C@H]4CCCC[C@@H]43)nnc2N2CCOCC2)cc1. The van der Waals surface area contributed by atoms with Gasteiger partial charge >= 0.3 is 0 Å². The Morgan fingerprint density at radius 1 is 1.03 bits per heavy atom. The number of morpholine rings is 1. The van der Waals surface area contributed by atoms with Crippen molar-refractivity contribution in [2.45, 2.75) is 56.6 Å². The van der Waals surface area contributed by atoms with Gasteiger partial charge < -0.3 is 14.5 Å². The van der Waals surface area contributed by atoms with Gasteiger partial charge in [0.2, 0.25) is 11.9 Å². The number of aromatic nitrogens is 3. The second kappa shape index (κ2) is 9.83. The summed E-state index contributed by atoms with van der Waals surface area (Å²) >= 11 is 1.51. The molecule has 1 aliphatic carbocycles. The zero-order valence-electron chi connectivity index (χ0n) is 18.9. The molecular weight excluding hydrogens is 422 g/mol. The van der Waals surface area contributed by atoms with Crippen molar-refractivity contribution in [2.24, 2.45) is 5.92 Å². The van der Waals surface area contributed by atoms with Gasteiger partial charge in [0.1, 0.15) is 0 Å². The van der Waals surface area contributed by atoms with E-state index in [2.05, 4.69) is 55.8 Å². The Morgan fingerprint density at radius 3 is 2.59 bits per heavy atom. The maximum atomic E-state index is 13.2. The molecule has 2 aromatic rings. The van der Waals surface area contributed by atoms with Crippen molar-refractivity contribution in [3.63, 3.8) is 0 Å². The van der Waals surface area contributed by atoms with Gasteiger partial charge in [-0.1, -0.05) is 42.3 Å². The molecule has 2 saturated heterocycles. The van der Waals surface area contributed by atoms with E-state index in [1.165, 1.54) is 49.4 Å². The van der Waals surface area contributed by atoms with Crippen LogP contribution in [0.25, 0.3) is 5.69 Å². The first-order chi connectivity index (χ1) is 15.7. The number of benzene rings is 1. The molecule has 0 bridgehead atoms. The number of ether oxygens (including phenoxy) is 1. The third kappa shape index (κ3) is 4.53. The van der Waals surface area contributed by atoms with Crippen molar-refractivity contribution in [1.29, 1.82) is 0 Å². The second-order valence-corrected chi connectivity index (χ2v) is 10.1. The van der Waals surface area contributed by atoms with Gasteiger partial charge in [-0.25, -0.2) is 0 Å². The number of nitrogens with zero attached hydrogens (tertiary/aromatic N) is 5. The average molecular weight is 456 g/mol. The number of hydrogen-bond acceptors (Lipinski definition) is 6. The summed E-state index contributed by atoms with van der Waals surface area (Å²) in [7, 11) is 0. The van der Waals surface area contributed by atoms with E-state index in [9.17, 15) is 4.79 Å². The maximum absolute atomic E-state index is 13.2. The van der Waals surface area contributed by atoms with Crippen LogP contribution in [0.1, 0.15) is 44.1 Å². The highest BCUT2D eigenvalue weighted by molar-refractivity contribution is 7.99. The van der Waals surface area contributed by atoms with E-state index in [0.717, 1.165) is 42.8 Å². The molecule has 3 fully saturated rings. The lowest BCUT2D eigenvalue weighted by Crippen LogP contribution is -2.50. The number of amides is 1. The third-order valence-electron chi connectivity index (χ3n) is 7.09. The fourth-order valence-corrected chi connectivity index (χ4v) is 6.22. The minimum atomic E-state index is 0.248. The average Bonchev–Trinajstić information content (AvgIpc) is 3.27. The molecule has 0 N–H and O–H groups in total. The van der Waals surface area contributed by atoms with Crippen molar-refractivity contribution in [2.75, 3.05) is 43.5 Å². The first-order valence-electron chi connectivity index (χ1n) is 12.0. The van der Waals surface area contributed by atoms with Crippen molar-refractivity contribution in [3.8, 4) is 5.69 Å². The number of anilines is 1. The molecule has 32 heavy (non-hydrogen) atoms. The van der Waals surface area contributed by atoms with E-state index >= 15 is 0 Å². The summed E-state index contributed by atoms with van der Waals surface area (Å²) in [6, 6.07) is 8.87. The van der Waals surface area contributed by atoms with Crippen LogP contribution in [-0.2, 0) is 9.53 Å². The zero-order valence-corrected chi connectivity index (χ0v) is 19.7. The largest absolute Gasteiger partial charge is 0.378 e. The highest BCUT2D eigenvalue weighted by atomic mass is 32.2. The number of thioether (sulfide) groups is 1. The summed E-state index contributed by atoms with van der Waals surface area (Å²) < 4.78 is 7.62. The van der Waals surface area contributed by atoms with Crippen LogP contribution in [0.15, 0.2) is 29.4 Å². The molecule has 5 rings (SSSR count). The predicted molar refractivity (Wildman–Crippen MR) is 127 cm³/mol.